The Morgan fingerprint density at radius 1 is 1.26 bits per heavy atom. The third kappa shape index (κ3) is 4.59. The number of hydrogen-bond acceptors (Lipinski definition) is 6. The lowest BCUT2D eigenvalue weighted by atomic mass is 10.2. The molecule has 0 N–H and O–H groups in total. The largest absolute Gasteiger partial charge is 0.383 e. The zero-order chi connectivity index (χ0) is 20.0. The zero-order valence-electron chi connectivity index (χ0n) is 15.6. The molecule has 0 aliphatic heterocycles. The predicted molar refractivity (Wildman–Crippen MR) is 101 cm³/mol. The number of nitrogens with zero attached hydrogens (tertiary/aromatic N) is 5. The number of methoxy groups -OCH3 is 1. The van der Waals surface area contributed by atoms with Gasteiger partial charge in [0, 0.05) is 32.5 Å². The first-order valence-corrected chi connectivity index (χ1v) is 8.58. The molecule has 2 aromatic rings. The minimum Gasteiger partial charge on any atom is -0.383 e. The summed E-state index contributed by atoms with van der Waals surface area (Å²) in [6, 6.07) is 0. The molecule has 0 radical (unpaired) electrons. The Morgan fingerprint density at radius 3 is 2.56 bits per heavy atom. The average Bonchev–Trinajstić information content (AvgIpc) is 3.04. The summed E-state index contributed by atoms with van der Waals surface area (Å²) < 4.78 is 8.74. The van der Waals surface area contributed by atoms with Gasteiger partial charge in [-0.15, -0.1) is 0 Å². The maximum absolute atomic E-state index is 12.8. The van der Waals surface area contributed by atoms with E-state index in [0.29, 0.717) is 12.0 Å². The molecule has 2 aromatic heterocycles. The summed E-state index contributed by atoms with van der Waals surface area (Å²) in [4.78, 5) is 36.3. The van der Waals surface area contributed by atoms with E-state index >= 15 is 0 Å². The van der Waals surface area contributed by atoms with E-state index in [-0.39, 0.29) is 25.4 Å². The van der Waals surface area contributed by atoms with Crippen LogP contribution in [-0.4, -0.2) is 37.6 Å². The molecule has 0 aliphatic carbocycles. The topological polar surface area (TPSA) is 114 Å². The minimum atomic E-state index is -0.891. The SMILES string of the molecule is CCCCn1c(=O)c([N+](=O)[O-])c(/C=C/c2cnn(C)c2)n(CCOC)c1=O. The van der Waals surface area contributed by atoms with Gasteiger partial charge in [-0.3, -0.25) is 28.7 Å². The van der Waals surface area contributed by atoms with E-state index in [4.69, 9.17) is 4.74 Å². The van der Waals surface area contributed by atoms with Crippen molar-refractivity contribution in [1.29, 1.82) is 0 Å². The summed E-state index contributed by atoms with van der Waals surface area (Å²) in [5.74, 6) is 0. The van der Waals surface area contributed by atoms with E-state index in [1.54, 1.807) is 30.2 Å². The van der Waals surface area contributed by atoms with Crippen LogP contribution >= 0.6 is 0 Å². The van der Waals surface area contributed by atoms with E-state index in [2.05, 4.69) is 5.10 Å². The molecule has 10 heteroatoms. The summed E-state index contributed by atoms with van der Waals surface area (Å²) in [7, 11) is 3.21. The lowest BCUT2D eigenvalue weighted by Crippen LogP contribution is -2.42. The Morgan fingerprint density at radius 2 is 2.00 bits per heavy atom. The second-order valence-corrected chi connectivity index (χ2v) is 6.01. The van der Waals surface area contributed by atoms with Gasteiger partial charge in [-0.2, -0.15) is 5.10 Å². The fourth-order valence-electron chi connectivity index (χ4n) is 2.65. The van der Waals surface area contributed by atoms with Crippen molar-refractivity contribution >= 4 is 17.8 Å². The highest BCUT2D eigenvalue weighted by molar-refractivity contribution is 5.71. The molecule has 0 amide bonds. The Labute approximate surface area is 155 Å². The van der Waals surface area contributed by atoms with Gasteiger partial charge in [-0.25, -0.2) is 4.79 Å². The third-order valence-electron chi connectivity index (χ3n) is 4.04. The van der Waals surface area contributed by atoms with Crippen molar-refractivity contribution in [2.24, 2.45) is 7.05 Å². The van der Waals surface area contributed by atoms with Crippen LogP contribution in [0, 0.1) is 10.1 Å². The van der Waals surface area contributed by atoms with Gasteiger partial charge >= 0.3 is 16.9 Å². The number of aromatic nitrogens is 4. The van der Waals surface area contributed by atoms with Crippen molar-refractivity contribution in [1.82, 2.24) is 18.9 Å². The molecule has 0 saturated carbocycles. The van der Waals surface area contributed by atoms with Gasteiger partial charge in [0.2, 0.25) is 0 Å². The van der Waals surface area contributed by atoms with Crippen LogP contribution < -0.4 is 11.2 Å². The van der Waals surface area contributed by atoms with Gasteiger partial charge in [0.05, 0.1) is 24.3 Å². The van der Waals surface area contributed by atoms with E-state index in [1.807, 2.05) is 6.92 Å². The lowest BCUT2D eigenvalue weighted by Gasteiger charge is -2.13. The highest BCUT2D eigenvalue weighted by Crippen LogP contribution is 2.16. The molecular formula is C17H23N5O5. The highest BCUT2D eigenvalue weighted by Gasteiger charge is 2.26. The molecule has 10 nitrogen and oxygen atoms in total. The van der Waals surface area contributed by atoms with Crippen LogP contribution in [0.2, 0.25) is 0 Å². The molecule has 0 spiro atoms. The molecule has 27 heavy (non-hydrogen) atoms. The Balaban J connectivity index is 2.70. The summed E-state index contributed by atoms with van der Waals surface area (Å²) in [6.45, 7) is 2.31. The van der Waals surface area contributed by atoms with Crippen molar-refractivity contribution in [2.75, 3.05) is 13.7 Å². The minimum absolute atomic E-state index is 0.0522. The molecule has 0 bridgehead atoms. The molecule has 0 fully saturated rings. The summed E-state index contributed by atoms with van der Waals surface area (Å²) in [6.07, 6.45) is 7.58. The van der Waals surface area contributed by atoms with Crippen molar-refractivity contribution in [2.45, 2.75) is 32.9 Å². The van der Waals surface area contributed by atoms with Gasteiger partial charge in [-0.05, 0) is 18.6 Å². The first-order valence-electron chi connectivity index (χ1n) is 8.58. The molecule has 2 rings (SSSR count). The molecular weight excluding hydrogens is 354 g/mol. The monoisotopic (exact) mass is 377 g/mol. The van der Waals surface area contributed by atoms with Gasteiger partial charge < -0.3 is 4.74 Å². The summed E-state index contributed by atoms with van der Waals surface area (Å²) in [5.41, 5.74) is -1.46. The van der Waals surface area contributed by atoms with E-state index in [1.165, 1.54) is 17.8 Å². The van der Waals surface area contributed by atoms with Crippen molar-refractivity contribution < 1.29 is 9.66 Å². The first kappa shape index (κ1) is 20.3. The maximum Gasteiger partial charge on any atom is 0.357 e. The van der Waals surface area contributed by atoms with E-state index in [0.717, 1.165) is 11.0 Å². The summed E-state index contributed by atoms with van der Waals surface area (Å²) >= 11 is 0. The average molecular weight is 377 g/mol. The zero-order valence-corrected chi connectivity index (χ0v) is 15.6. The van der Waals surface area contributed by atoms with Crippen LogP contribution in [-0.2, 0) is 24.9 Å². The molecule has 0 saturated heterocycles. The smallest absolute Gasteiger partial charge is 0.357 e. The van der Waals surface area contributed by atoms with E-state index < -0.39 is 21.9 Å². The van der Waals surface area contributed by atoms with E-state index in [9.17, 15) is 19.7 Å². The number of hydrogen-bond donors (Lipinski definition) is 0. The normalized spacial score (nSPS) is 11.4. The fourth-order valence-corrected chi connectivity index (χ4v) is 2.65. The first-order chi connectivity index (χ1) is 12.9. The van der Waals surface area contributed by atoms with Crippen LogP contribution in [0.1, 0.15) is 31.0 Å². The van der Waals surface area contributed by atoms with Crippen molar-refractivity contribution in [3.63, 3.8) is 0 Å². The standard InChI is InChI=1S/C17H23N5O5/c1-4-5-8-21-16(23)15(22(25)26)14(20(17(21)24)9-10-27-3)7-6-13-11-18-19(2)12-13/h6-7,11-12H,4-5,8-10H2,1-3H3/b7-6+. The molecule has 146 valence electrons. The van der Waals surface area contributed by atoms with Crippen molar-refractivity contribution in [3.8, 4) is 0 Å². The molecule has 2 heterocycles. The highest BCUT2D eigenvalue weighted by atomic mass is 16.6. The number of aryl methyl sites for hydroxylation is 1. The van der Waals surface area contributed by atoms with Gasteiger partial charge in [0.25, 0.3) is 0 Å². The van der Waals surface area contributed by atoms with Crippen LogP contribution in [0.5, 0.6) is 0 Å². The van der Waals surface area contributed by atoms with Crippen LogP contribution in [0.15, 0.2) is 22.0 Å². The predicted octanol–water partition coefficient (Wildman–Crippen LogP) is 1.27. The second-order valence-electron chi connectivity index (χ2n) is 6.01. The van der Waals surface area contributed by atoms with Crippen LogP contribution in [0.3, 0.4) is 0 Å². The number of nitro groups is 1. The fraction of sp³-hybridized carbons (Fsp3) is 0.471. The number of ether oxygens (including phenoxy) is 1. The van der Waals surface area contributed by atoms with Gasteiger partial charge in [0.1, 0.15) is 5.69 Å². The van der Waals surface area contributed by atoms with Gasteiger partial charge in [-0.1, -0.05) is 13.3 Å². The van der Waals surface area contributed by atoms with Crippen LogP contribution in [0.4, 0.5) is 5.69 Å². The number of unbranched alkanes of at least 4 members (excludes halogenated alkanes) is 1. The quantitative estimate of drug-likeness (QED) is 0.480. The third-order valence-corrected chi connectivity index (χ3v) is 4.04. The molecule has 0 unspecified atom stereocenters. The molecule has 0 atom stereocenters. The second kappa shape index (κ2) is 9.08. The summed E-state index contributed by atoms with van der Waals surface area (Å²) in [5, 5.41) is 15.6. The Bertz CT molecular complexity index is 954. The van der Waals surface area contributed by atoms with Gasteiger partial charge in [0.15, 0.2) is 0 Å². The number of rotatable bonds is 9. The lowest BCUT2D eigenvalue weighted by molar-refractivity contribution is -0.387. The Kier molecular flexibility index (Phi) is 6.83. The molecule has 0 aromatic carbocycles. The molecule has 0 aliphatic rings. The Hall–Kier alpha value is -3.01. The van der Waals surface area contributed by atoms with Crippen molar-refractivity contribution in [3.05, 3.63) is 54.6 Å². The maximum atomic E-state index is 12.8. The van der Waals surface area contributed by atoms with Crippen LogP contribution in [0.25, 0.3) is 12.2 Å².